The summed E-state index contributed by atoms with van der Waals surface area (Å²) in [5.74, 6) is 1.74. The molecule has 0 aromatic heterocycles. The second kappa shape index (κ2) is 4.82. The molecule has 1 heterocycles. The van der Waals surface area contributed by atoms with Crippen molar-refractivity contribution < 1.29 is 13.2 Å². The van der Waals surface area contributed by atoms with Gasteiger partial charge < -0.3 is 5.32 Å². The van der Waals surface area contributed by atoms with Gasteiger partial charge in [-0.05, 0) is 61.4 Å². The van der Waals surface area contributed by atoms with Crippen LogP contribution in [0.2, 0.25) is 0 Å². The van der Waals surface area contributed by atoms with Crippen LogP contribution in [0, 0.1) is 11.8 Å². The summed E-state index contributed by atoms with van der Waals surface area (Å²) in [7, 11) is 0. The number of hydrogen-bond acceptors (Lipinski definition) is 1. The van der Waals surface area contributed by atoms with Crippen LogP contribution in [0.25, 0.3) is 0 Å². The average molecular weight is 269 g/mol. The van der Waals surface area contributed by atoms with E-state index in [0.717, 1.165) is 25.1 Å². The SMILES string of the molecule is FC(F)(F)c1ccc([C@@H]2CCC[C@@H]3CNC[C@H]32)cc1. The smallest absolute Gasteiger partial charge is 0.316 e. The molecule has 1 N–H and O–H groups in total. The molecule has 3 rings (SSSR count). The molecule has 1 saturated heterocycles. The van der Waals surface area contributed by atoms with Crippen LogP contribution in [-0.2, 0) is 6.18 Å². The van der Waals surface area contributed by atoms with E-state index in [9.17, 15) is 13.2 Å². The van der Waals surface area contributed by atoms with E-state index in [1.165, 1.54) is 25.0 Å². The summed E-state index contributed by atoms with van der Waals surface area (Å²) < 4.78 is 37.7. The molecule has 1 nitrogen and oxygen atoms in total. The van der Waals surface area contributed by atoms with Gasteiger partial charge in [0.05, 0.1) is 5.56 Å². The van der Waals surface area contributed by atoms with Gasteiger partial charge in [-0.25, -0.2) is 0 Å². The highest BCUT2D eigenvalue weighted by Gasteiger charge is 2.37. The average Bonchev–Trinajstić information content (AvgIpc) is 2.86. The van der Waals surface area contributed by atoms with Crippen LogP contribution in [0.1, 0.15) is 36.3 Å². The van der Waals surface area contributed by atoms with Crippen LogP contribution in [0.3, 0.4) is 0 Å². The van der Waals surface area contributed by atoms with Gasteiger partial charge in [-0.15, -0.1) is 0 Å². The first-order valence-electron chi connectivity index (χ1n) is 6.93. The highest BCUT2D eigenvalue weighted by molar-refractivity contribution is 5.28. The fraction of sp³-hybridized carbons (Fsp3) is 0.600. The molecule has 0 radical (unpaired) electrons. The van der Waals surface area contributed by atoms with E-state index < -0.39 is 11.7 Å². The molecule has 1 aliphatic heterocycles. The Balaban J connectivity index is 1.82. The Morgan fingerprint density at radius 3 is 2.42 bits per heavy atom. The predicted molar refractivity (Wildman–Crippen MR) is 67.9 cm³/mol. The molecule has 1 aromatic carbocycles. The van der Waals surface area contributed by atoms with Gasteiger partial charge >= 0.3 is 6.18 Å². The molecule has 3 atom stereocenters. The highest BCUT2D eigenvalue weighted by atomic mass is 19.4. The zero-order chi connectivity index (χ0) is 13.5. The van der Waals surface area contributed by atoms with Crippen molar-refractivity contribution in [2.24, 2.45) is 11.8 Å². The summed E-state index contributed by atoms with van der Waals surface area (Å²) in [5.41, 5.74) is 0.527. The number of alkyl halides is 3. The van der Waals surface area contributed by atoms with E-state index in [-0.39, 0.29) is 0 Å². The lowest BCUT2D eigenvalue weighted by Crippen LogP contribution is -2.25. The van der Waals surface area contributed by atoms with E-state index in [1.807, 2.05) is 0 Å². The van der Waals surface area contributed by atoms with Gasteiger partial charge in [0.25, 0.3) is 0 Å². The molecule has 0 spiro atoms. The molecule has 0 bridgehead atoms. The van der Waals surface area contributed by atoms with Crippen molar-refractivity contribution in [3.8, 4) is 0 Å². The molecule has 1 aromatic rings. The third-order valence-corrected chi connectivity index (χ3v) is 4.67. The molecular formula is C15H18F3N. The van der Waals surface area contributed by atoms with E-state index in [0.29, 0.717) is 17.8 Å². The minimum Gasteiger partial charge on any atom is -0.316 e. The third kappa shape index (κ3) is 2.50. The van der Waals surface area contributed by atoms with Crippen LogP contribution < -0.4 is 5.32 Å². The van der Waals surface area contributed by atoms with Crippen molar-refractivity contribution in [3.63, 3.8) is 0 Å². The minimum absolute atomic E-state index is 0.427. The molecule has 1 aliphatic carbocycles. The lowest BCUT2D eigenvalue weighted by Gasteiger charge is -2.33. The quantitative estimate of drug-likeness (QED) is 0.817. The van der Waals surface area contributed by atoms with Gasteiger partial charge in [0, 0.05) is 0 Å². The first kappa shape index (κ1) is 13.0. The largest absolute Gasteiger partial charge is 0.416 e. The second-order valence-electron chi connectivity index (χ2n) is 5.74. The zero-order valence-electron chi connectivity index (χ0n) is 10.7. The van der Waals surface area contributed by atoms with Gasteiger partial charge in [0.1, 0.15) is 0 Å². The number of halogens is 3. The van der Waals surface area contributed by atoms with E-state index >= 15 is 0 Å². The van der Waals surface area contributed by atoms with Crippen LogP contribution >= 0.6 is 0 Å². The monoisotopic (exact) mass is 269 g/mol. The van der Waals surface area contributed by atoms with Crippen molar-refractivity contribution in [2.75, 3.05) is 13.1 Å². The van der Waals surface area contributed by atoms with Crippen molar-refractivity contribution in [1.29, 1.82) is 0 Å². The Hall–Kier alpha value is -1.03. The van der Waals surface area contributed by atoms with Crippen molar-refractivity contribution in [1.82, 2.24) is 5.32 Å². The predicted octanol–water partition coefficient (Wildman–Crippen LogP) is 3.81. The topological polar surface area (TPSA) is 12.0 Å². The molecule has 2 fully saturated rings. The van der Waals surface area contributed by atoms with Crippen molar-refractivity contribution in [2.45, 2.75) is 31.4 Å². The van der Waals surface area contributed by atoms with Gasteiger partial charge in [-0.3, -0.25) is 0 Å². The minimum atomic E-state index is -4.23. The summed E-state index contributed by atoms with van der Waals surface area (Å²) in [6, 6.07) is 5.80. The molecule has 2 aliphatic rings. The first-order valence-corrected chi connectivity index (χ1v) is 6.93. The van der Waals surface area contributed by atoms with Crippen molar-refractivity contribution in [3.05, 3.63) is 35.4 Å². The van der Waals surface area contributed by atoms with E-state index in [4.69, 9.17) is 0 Å². The summed E-state index contributed by atoms with van der Waals surface area (Å²) in [6.45, 7) is 2.08. The molecule has 19 heavy (non-hydrogen) atoms. The number of fused-ring (bicyclic) bond motifs is 1. The summed E-state index contributed by atoms with van der Waals surface area (Å²) >= 11 is 0. The maximum Gasteiger partial charge on any atom is 0.416 e. The van der Waals surface area contributed by atoms with Crippen LogP contribution in [0.15, 0.2) is 24.3 Å². The van der Waals surface area contributed by atoms with Crippen LogP contribution in [-0.4, -0.2) is 13.1 Å². The number of benzene rings is 1. The Morgan fingerprint density at radius 2 is 1.74 bits per heavy atom. The van der Waals surface area contributed by atoms with Gasteiger partial charge in [0.15, 0.2) is 0 Å². The summed E-state index contributed by atoms with van der Waals surface area (Å²) in [6.07, 6.45) is -0.680. The molecule has 1 saturated carbocycles. The fourth-order valence-corrected chi connectivity index (χ4v) is 3.69. The lowest BCUT2D eigenvalue weighted by molar-refractivity contribution is -0.137. The highest BCUT2D eigenvalue weighted by Crippen LogP contribution is 2.43. The van der Waals surface area contributed by atoms with E-state index in [1.54, 1.807) is 12.1 Å². The number of hydrogen-bond donors (Lipinski definition) is 1. The Bertz CT molecular complexity index is 438. The van der Waals surface area contributed by atoms with Crippen LogP contribution in [0.4, 0.5) is 13.2 Å². The Labute approximate surface area is 111 Å². The second-order valence-corrected chi connectivity index (χ2v) is 5.74. The fourth-order valence-electron chi connectivity index (χ4n) is 3.69. The maximum absolute atomic E-state index is 12.6. The number of nitrogens with one attached hydrogen (secondary N) is 1. The molecular weight excluding hydrogens is 251 g/mol. The third-order valence-electron chi connectivity index (χ3n) is 4.67. The van der Waals surface area contributed by atoms with Crippen LogP contribution in [0.5, 0.6) is 0 Å². The summed E-state index contributed by atoms with van der Waals surface area (Å²) in [4.78, 5) is 0. The molecule has 0 amide bonds. The Morgan fingerprint density at radius 1 is 1.00 bits per heavy atom. The first-order chi connectivity index (χ1) is 9.05. The van der Waals surface area contributed by atoms with Gasteiger partial charge in [-0.1, -0.05) is 18.6 Å². The maximum atomic E-state index is 12.6. The molecule has 104 valence electrons. The Kier molecular flexibility index (Phi) is 3.29. The molecule has 4 heteroatoms. The van der Waals surface area contributed by atoms with Gasteiger partial charge in [0.2, 0.25) is 0 Å². The standard InChI is InChI=1S/C15H18F3N/c16-15(17,18)12-6-4-10(5-7-12)13-3-1-2-11-8-19-9-14(11)13/h4-7,11,13-14,19H,1-3,8-9H2/t11-,13+,14-/m1/s1. The zero-order valence-corrected chi connectivity index (χ0v) is 10.7. The lowest BCUT2D eigenvalue weighted by atomic mass is 9.71. The summed E-state index contributed by atoms with van der Waals surface area (Å²) in [5, 5.41) is 3.42. The molecule has 0 unspecified atom stereocenters. The van der Waals surface area contributed by atoms with Crippen molar-refractivity contribution >= 4 is 0 Å². The van der Waals surface area contributed by atoms with E-state index in [2.05, 4.69) is 5.32 Å². The number of rotatable bonds is 1. The van der Waals surface area contributed by atoms with Gasteiger partial charge in [-0.2, -0.15) is 13.2 Å². The normalized spacial score (nSPS) is 31.2.